The molecule has 3 heteroatoms. The Kier molecular flexibility index (Phi) is 2.22. The Labute approximate surface area is 81.6 Å². The Morgan fingerprint density at radius 2 is 2.36 bits per heavy atom. The van der Waals surface area contributed by atoms with E-state index >= 15 is 0 Å². The average molecular weight is 191 g/mol. The van der Waals surface area contributed by atoms with Crippen molar-refractivity contribution in [3.8, 4) is 6.07 Å². The number of rotatable bonds is 1. The molecule has 0 heterocycles. The van der Waals surface area contributed by atoms with Crippen LogP contribution < -0.4 is 0 Å². The number of nitriles is 1. The van der Waals surface area contributed by atoms with E-state index in [0.29, 0.717) is 12.0 Å². The fourth-order valence-electron chi connectivity index (χ4n) is 2.05. The molecule has 0 radical (unpaired) electrons. The molecule has 2 nitrogen and oxygen atoms in total. The van der Waals surface area contributed by atoms with Crippen molar-refractivity contribution in [1.82, 2.24) is 0 Å². The van der Waals surface area contributed by atoms with Crippen LogP contribution in [0.3, 0.4) is 0 Å². The number of aliphatic hydroxyl groups is 1. The molecule has 1 aliphatic carbocycles. The summed E-state index contributed by atoms with van der Waals surface area (Å²) in [6, 6.07) is 5.18. The predicted octanol–water partition coefficient (Wildman–Crippen LogP) is 1.87. The number of aliphatic hydroxyl groups excluding tert-OH is 1. The molecule has 1 atom stereocenters. The smallest absolute Gasteiger partial charge is 0.129 e. The van der Waals surface area contributed by atoms with Crippen LogP contribution in [-0.4, -0.2) is 5.11 Å². The van der Waals surface area contributed by atoms with Crippen LogP contribution in [0.15, 0.2) is 12.1 Å². The van der Waals surface area contributed by atoms with Gasteiger partial charge in [0.15, 0.2) is 0 Å². The zero-order valence-electron chi connectivity index (χ0n) is 7.63. The zero-order chi connectivity index (χ0) is 10.1. The van der Waals surface area contributed by atoms with Gasteiger partial charge in [-0.2, -0.15) is 5.26 Å². The van der Waals surface area contributed by atoms with Gasteiger partial charge in [-0.05, 0) is 30.0 Å². The summed E-state index contributed by atoms with van der Waals surface area (Å²) in [5, 5.41) is 17.9. The first-order chi connectivity index (χ1) is 6.77. The van der Waals surface area contributed by atoms with Crippen LogP contribution in [0, 0.1) is 17.1 Å². The van der Waals surface area contributed by atoms with E-state index in [1.807, 2.05) is 0 Å². The van der Waals surface area contributed by atoms with Gasteiger partial charge < -0.3 is 5.11 Å². The summed E-state index contributed by atoms with van der Waals surface area (Å²) in [6.07, 6.45) is 1.43. The summed E-state index contributed by atoms with van der Waals surface area (Å²) >= 11 is 0. The number of halogens is 1. The number of fused-ring (bicyclic) bond motifs is 1. The minimum atomic E-state index is -0.371. The van der Waals surface area contributed by atoms with Crippen molar-refractivity contribution in [3.05, 3.63) is 34.6 Å². The van der Waals surface area contributed by atoms with Gasteiger partial charge in [0.25, 0.3) is 0 Å². The van der Waals surface area contributed by atoms with Crippen LogP contribution in [0.5, 0.6) is 0 Å². The monoisotopic (exact) mass is 191 g/mol. The molecule has 0 saturated carbocycles. The maximum atomic E-state index is 13.2. The van der Waals surface area contributed by atoms with Gasteiger partial charge in [-0.15, -0.1) is 0 Å². The highest BCUT2D eigenvalue weighted by molar-refractivity contribution is 5.44. The molecule has 0 aliphatic heterocycles. The third kappa shape index (κ3) is 1.19. The maximum Gasteiger partial charge on any atom is 0.129 e. The van der Waals surface area contributed by atoms with Gasteiger partial charge in [-0.1, -0.05) is 6.07 Å². The summed E-state index contributed by atoms with van der Waals surface area (Å²) in [7, 11) is 0. The number of hydrogen-bond donors (Lipinski definition) is 1. The number of nitrogens with zero attached hydrogens (tertiary/aromatic N) is 1. The summed E-state index contributed by atoms with van der Waals surface area (Å²) in [5.74, 6) is -0.499. The lowest BCUT2D eigenvalue weighted by molar-refractivity contribution is 0.274. The first kappa shape index (κ1) is 9.17. The Bertz CT molecular complexity index is 408. The number of hydrogen-bond acceptors (Lipinski definition) is 2. The maximum absolute atomic E-state index is 13.2. The van der Waals surface area contributed by atoms with E-state index in [0.717, 1.165) is 17.5 Å². The van der Waals surface area contributed by atoms with Crippen molar-refractivity contribution < 1.29 is 9.50 Å². The molecule has 2 rings (SSSR count). The third-order valence-corrected chi connectivity index (χ3v) is 2.78. The van der Waals surface area contributed by atoms with Crippen molar-refractivity contribution in [2.75, 3.05) is 0 Å². The Morgan fingerprint density at radius 3 is 3.00 bits per heavy atom. The topological polar surface area (TPSA) is 44.0 Å². The van der Waals surface area contributed by atoms with Crippen molar-refractivity contribution in [1.29, 1.82) is 5.26 Å². The van der Waals surface area contributed by atoms with Gasteiger partial charge >= 0.3 is 0 Å². The molecular weight excluding hydrogens is 181 g/mol. The molecule has 0 amide bonds. The summed E-state index contributed by atoms with van der Waals surface area (Å²) in [4.78, 5) is 0. The predicted molar refractivity (Wildman–Crippen MR) is 49.0 cm³/mol. The lowest BCUT2D eigenvalue weighted by Gasteiger charge is -2.07. The van der Waals surface area contributed by atoms with E-state index in [1.165, 1.54) is 6.07 Å². The van der Waals surface area contributed by atoms with E-state index in [2.05, 4.69) is 6.07 Å². The van der Waals surface area contributed by atoms with Crippen LogP contribution in [0.1, 0.15) is 29.0 Å². The zero-order valence-corrected chi connectivity index (χ0v) is 7.63. The SMILES string of the molecule is N#CC1CCc2c1ccc(F)c2CO. The first-order valence-corrected chi connectivity index (χ1v) is 4.58. The molecular formula is C11H10FNO. The van der Waals surface area contributed by atoms with Gasteiger partial charge in [-0.25, -0.2) is 4.39 Å². The van der Waals surface area contributed by atoms with Gasteiger partial charge in [0, 0.05) is 5.56 Å². The molecule has 0 spiro atoms. The van der Waals surface area contributed by atoms with Gasteiger partial charge in [-0.3, -0.25) is 0 Å². The van der Waals surface area contributed by atoms with E-state index in [4.69, 9.17) is 10.4 Å². The van der Waals surface area contributed by atoms with E-state index in [-0.39, 0.29) is 18.3 Å². The fraction of sp³-hybridized carbons (Fsp3) is 0.364. The van der Waals surface area contributed by atoms with Crippen LogP contribution in [0.2, 0.25) is 0 Å². The molecule has 0 bridgehead atoms. The summed E-state index contributed by atoms with van der Waals surface area (Å²) in [6.45, 7) is -0.285. The number of benzene rings is 1. The largest absolute Gasteiger partial charge is 0.392 e. The second kappa shape index (κ2) is 3.39. The Morgan fingerprint density at radius 1 is 1.57 bits per heavy atom. The van der Waals surface area contributed by atoms with Gasteiger partial charge in [0.2, 0.25) is 0 Å². The molecule has 1 aliphatic rings. The van der Waals surface area contributed by atoms with E-state index in [9.17, 15) is 4.39 Å². The summed E-state index contributed by atoms with van der Waals surface area (Å²) < 4.78 is 13.2. The molecule has 1 unspecified atom stereocenters. The quantitative estimate of drug-likeness (QED) is 0.736. The van der Waals surface area contributed by atoms with Crippen molar-refractivity contribution in [2.45, 2.75) is 25.4 Å². The third-order valence-electron chi connectivity index (χ3n) is 2.78. The standard InChI is InChI=1S/C11H10FNO/c12-11-4-3-8-7(5-13)1-2-9(8)10(11)6-14/h3-4,7,14H,1-2,6H2. The minimum absolute atomic E-state index is 0.129. The lowest BCUT2D eigenvalue weighted by Crippen LogP contribution is -1.98. The minimum Gasteiger partial charge on any atom is -0.392 e. The second-order valence-corrected chi connectivity index (χ2v) is 3.47. The molecule has 1 aromatic rings. The van der Waals surface area contributed by atoms with Gasteiger partial charge in [0.05, 0.1) is 18.6 Å². The van der Waals surface area contributed by atoms with Crippen LogP contribution in [0.4, 0.5) is 4.39 Å². The molecule has 14 heavy (non-hydrogen) atoms. The second-order valence-electron chi connectivity index (χ2n) is 3.47. The van der Waals surface area contributed by atoms with Crippen LogP contribution in [0.25, 0.3) is 0 Å². The first-order valence-electron chi connectivity index (χ1n) is 4.58. The highest BCUT2D eigenvalue weighted by Gasteiger charge is 2.25. The van der Waals surface area contributed by atoms with Crippen molar-refractivity contribution >= 4 is 0 Å². The normalized spacial score (nSPS) is 19.1. The molecule has 0 aromatic heterocycles. The van der Waals surface area contributed by atoms with E-state index in [1.54, 1.807) is 6.07 Å². The fourth-order valence-corrected chi connectivity index (χ4v) is 2.05. The lowest BCUT2D eigenvalue weighted by atomic mass is 9.99. The van der Waals surface area contributed by atoms with Crippen molar-refractivity contribution in [2.24, 2.45) is 0 Å². The highest BCUT2D eigenvalue weighted by Crippen LogP contribution is 2.35. The van der Waals surface area contributed by atoms with Crippen LogP contribution in [-0.2, 0) is 13.0 Å². The highest BCUT2D eigenvalue weighted by atomic mass is 19.1. The Hall–Kier alpha value is -1.40. The molecule has 0 fully saturated rings. The molecule has 1 aromatic carbocycles. The van der Waals surface area contributed by atoms with Crippen molar-refractivity contribution in [3.63, 3.8) is 0 Å². The Balaban J connectivity index is 2.57. The molecule has 1 N–H and O–H groups in total. The average Bonchev–Trinajstić information content (AvgIpc) is 2.60. The van der Waals surface area contributed by atoms with E-state index < -0.39 is 0 Å². The van der Waals surface area contributed by atoms with Gasteiger partial charge in [0.1, 0.15) is 5.82 Å². The molecule has 0 saturated heterocycles. The van der Waals surface area contributed by atoms with Crippen LogP contribution >= 0.6 is 0 Å². The molecule has 72 valence electrons. The summed E-state index contributed by atoms with van der Waals surface area (Å²) in [5.41, 5.74) is 2.08.